The predicted molar refractivity (Wildman–Crippen MR) is 132 cm³/mol. The van der Waals surface area contributed by atoms with Crippen LogP contribution in [0.15, 0.2) is 24.3 Å². The van der Waals surface area contributed by atoms with Gasteiger partial charge in [-0.2, -0.15) is 0 Å². The molecule has 3 rings (SSSR count). The molecule has 2 aliphatic rings. The summed E-state index contributed by atoms with van der Waals surface area (Å²) in [7, 11) is 0. The Morgan fingerprint density at radius 1 is 0.941 bits per heavy atom. The number of carbonyl (C=O) groups is 3. The van der Waals surface area contributed by atoms with Crippen LogP contribution in [0.5, 0.6) is 0 Å². The highest BCUT2D eigenvalue weighted by atomic mass is 16.6. The van der Waals surface area contributed by atoms with E-state index in [4.69, 9.17) is 9.47 Å². The molecule has 34 heavy (non-hydrogen) atoms. The standard InChI is InChI=1S/C28H41NO5/c1-27(2,3)33-25(31)24(22-15-16-29(18-22)26(32)34-28(4,5)6)17-19-7-9-20(10-8-19)21-11-13-23(30)14-12-21/h7-10,21-22,24H,11-18H2,1-6H3/t22-,24-/m0/s1. The molecule has 2 atom stereocenters. The van der Waals surface area contributed by atoms with E-state index < -0.39 is 11.2 Å². The highest BCUT2D eigenvalue weighted by Crippen LogP contribution is 2.33. The van der Waals surface area contributed by atoms with Crippen LogP contribution in [-0.4, -0.2) is 47.0 Å². The summed E-state index contributed by atoms with van der Waals surface area (Å²) in [4.78, 5) is 39.0. The molecule has 0 unspecified atom stereocenters. The summed E-state index contributed by atoms with van der Waals surface area (Å²) in [6.45, 7) is 12.3. The molecular weight excluding hydrogens is 430 g/mol. The van der Waals surface area contributed by atoms with E-state index in [0.29, 0.717) is 44.1 Å². The van der Waals surface area contributed by atoms with Crippen molar-refractivity contribution in [3.63, 3.8) is 0 Å². The Morgan fingerprint density at radius 2 is 1.53 bits per heavy atom. The molecule has 1 aromatic rings. The van der Waals surface area contributed by atoms with E-state index in [2.05, 4.69) is 24.3 Å². The highest BCUT2D eigenvalue weighted by molar-refractivity contribution is 5.79. The van der Waals surface area contributed by atoms with Crippen molar-refractivity contribution in [3.8, 4) is 0 Å². The minimum absolute atomic E-state index is 0.0198. The zero-order valence-electron chi connectivity index (χ0n) is 21.7. The molecule has 0 bridgehead atoms. The van der Waals surface area contributed by atoms with Crippen molar-refractivity contribution in [3.05, 3.63) is 35.4 Å². The van der Waals surface area contributed by atoms with Crippen LogP contribution in [0.4, 0.5) is 4.79 Å². The monoisotopic (exact) mass is 471 g/mol. The third-order valence-corrected chi connectivity index (χ3v) is 6.60. The molecule has 0 N–H and O–H groups in total. The summed E-state index contributed by atoms with van der Waals surface area (Å²) in [6.07, 6.45) is 4.17. The minimum Gasteiger partial charge on any atom is -0.460 e. The molecule has 1 aliphatic carbocycles. The zero-order valence-corrected chi connectivity index (χ0v) is 21.7. The van der Waals surface area contributed by atoms with Gasteiger partial charge in [-0.1, -0.05) is 24.3 Å². The van der Waals surface area contributed by atoms with Crippen molar-refractivity contribution in [1.82, 2.24) is 4.90 Å². The van der Waals surface area contributed by atoms with Crippen molar-refractivity contribution >= 4 is 17.8 Å². The first-order chi connectivity index (χ1) is 15.8. The first kappa shape index (κ1) is 26.2. The number of esters is 1. The molecule has 2 fully saturated rings. The second kappa shape index (κ2) is 10.5. The number of likely N-dealkylation sites (tertiary alicyclic amines) is 1. The van der Waals surface area contributed by atoms with Gasteiger partial charge in [-0.05, 0) is 90.2 Å². The van der Waals surface area contributed by atoms with E-state index in [1.54, 1.807) is 4.90 Å². The number of ketones is 1. The lowest BCUT2D eigenvalue weighted by Crippen LogP contribution is -2.38. The molecule has 0 spiro atoms. The Hall–Kier alpha value is -2.37. The highest BCUT2D eigenvalue weighted by Gasteiger charge is 2.39. The van der Waals surface area contributed by atoms with Gasteiger partial charge in [0.2, 0.25) is 0 Å². The fourth-order valence-corrected chi connectivity index (χ4v) is 4.88. The van der Waals surface area contributed by atoms with E-state index in [1.807, 2.05) is 41.5 Å². The molecule has 1 aliphatic heterocycles. The SMILES string of the molecule is CC(C)(C)OC(=O)[C@@H](Cc1ccc(C2CCC(=O)CC2)cc1)[C@H]1CCN(C(=O)OC(C)(C)C)C1. The molecular formula is C28H41NO5. The number of nitrogens with zero attached hydrogens (tertiary/aromatic N) is 1. The Kier molecular flexibility index (Phi) is 8.10. The van der Waals surface area contributed by atoms with E-state index >= 15 is 0 Å². The lowest BCUT2D eigenvalue weighted by atomic mass is 9.82. The van der Waals surface area contributed by atoms with Gasteiger partial charge in [0.1, 0.15) is 17.0 Å². The summed E-state index contributed by atoms with van der Waals surface area (Å²) in [5.41, 5.74) is 1.23. The van der Waals surface area contributed by atoms with Gasteiger partial charge in [0, 0.05) is 25.9 Å². The van der Waals surface area contributed by atoms with Crippen LogP contribution in [0, 0.1) is 11.8 Å². The maximum Gasteiger partial charge on any atom is 0.410 e. The summed E-state index contributed by atoms with van der Waals surface area (Å²) >= 11 is 0. The normalized spacial score (nSPS) is 20.8. The van der Waals surface area contributed by atoms with Crippen molar-refractivity contribution in [2.75, 3.05) is 13.1 Å². The second-order valence-corrected chi connectivity index (χ2v) is 11.9. The Morgan fingerprint density at radius 3 is 2.09 bits per heavy atom. The summed E-state index contributed by atoms with van der Waals surface area (Å²) < 4.78 is 11.3. The number of amides is 1. The first-order valence-corrected chi connectivity index (χ1v) is 12.6. The molecule has 1 saturated heterocycles. The van der Waals surface area contributed by atoms with E-state index in [1.165, 1.54) is 5.56 Å². The zero-order chi connectivity index (χ0) is 25.1. The molecule has 1 amide bonds. The van der Waals surface area contributed by atoms with Crippen molar-refractivity contribution in [2.45, 2.75) is 97.2 Å². The molecule has 0 aromatic heterocycles. The maximum atomic E-state index is 13.2. The van der Waals surface area contributed by atoms with Crippen LogP contribution in [0.3, 0.4) is 0 Å². The Labute approximate surface area is 204 Å². The van der Waals surface area contributed by atoms with Gasteiger partial charge >= 0.3 is 12.1 Å². The summed E-state index contributed by atoms with van der Waals surface area (Å²) in [5, 5.41) is 0. The Balaban J connectivity index is 1.70. The van der Waals surface area contributed by atoms with Gasteiger partial charge in [-0.3, -0.25) is 9.59 Å². The molecule has 1 saturated carbocycles. The van der Waals surface area contributed by atoms with Gasteiger partial charge in [0.15, 0.2) is 0 Å². The number of benzene rings is 1. The quantitative estimate of drug-likeness (QED) is 0.517. The molecule has 6 nitrogen and oxygen atoms in total. The van der Waals surface area contributed by atoms with E-state index in [0.717, 1.165) is 24.8 Å². The number of rotatable bonds is 5. The smallest absolute Gasteiger partial charge is 0.410 e. The number of ether oxygens (including phenoxy) is 2. The molecule has 1 aromatic carbocycles. The van der Waals surface area contributed by atoms with Crippen molar-refractivity contribution in [2.24, 2.45) is 11.8 Å². The largest absolute Gasteiger partial charge is 0.460 e. The minimum atomic E-state index is -0.568. The fraction of sp³-hybridized carbons (Fsp3) is 0.679. The average molecular weight is 472 g/mol. The van der Waals surface area contributed by atoms with Crippen LogP contribution in [0.1, 0.15) is 90.7 Å². The van der Waals surface area contributed by atoms with Crippen molar-refractivity contribution < 1.29 is 23.9 Å². The molecule has 6 heteroatoms. The fourth-order valence-electron chi connectivity index (χ4n) is 4.88. The lowest BCUT2D eigenvalue weighted by Gasteiger charge is -2.28. The number of carbonyl (C=O) groups excluding carboxylic acids is 3. The van der Waals surface area contributed by atoms with Gasteiger partial charge < -0.3 is 14.4 Å². The second-order valence-electron chi connectivity index (χ2n) is 11.9. The number of Topliss-reactive ketones (excluding diaryl/α,β-unsaturated/α-hetero) is 1. The van der Waals surface area contributed by atoms with Gasteiger partial charge in [0.05, 0.1) is 5.92 Å². The predicted octanol–water partition coefficient (Wildman–Crippen LogP) is 5.67. The number of hydrogen-bond donors (Lipinski definition) is 0. The molecule has 188 valence electrons. The van der Waals surface area contributed by atoms with E-state index in [-0.39, 0.29) is 23.9 Å². The number of hydrogen-bond acceptors (Lipinski definition) is 5. The van der Waals surface area contributed by atoms with Crippen molar-refractivity contribution in [1.29, 1.82) is 0 Å². The van der Waals surface area contributed by atoms with Crippen LogP contribution < -0.4 is 0 Å². The summed E-state index contributed by atoms with van der Waals surface area (Å²) in [6, 6.07) is 8.49. The maximum absolute atomic E-state index is 13.2. The van der Waals surface area contributed by atoms with E-state index in [9.17, 15) is 14.4 Å². The van der Waals surface area contributed by atoms with Gasteiger partial charge in [0.25, 0.3) is 0 Å². The van der Waals surface area contributed by atoms with Gasteiger partial charge in [-0.25, -0.2) is 4.79 Å². The third kappa shape index (κ3) is 7.57. The van der Waals surface area contributed by atoms with Crippen LogP contribution >= 0.6 is 0 Å². The topological polar surface area (TPSA) is 72.9 Å². The Bertz CT molecular complexity index is 868. The lowest BCUT2D eigenvalue weighted by molar-refractivity contribution is -0.162. The van der Waals surface area contributed by atoms with Crippen LogP contribution in [0.25, 0.3) is 0 Å². The average Bonchev–Trinajstić information content (AvgIpc) is 3.21. The van der Waals surface area contributed by atoms with Crippen LogP contribution in [0.2, 0.25) is 0 Å². The molecule has 0 radical (unpaired) electrons. The molecule has 1 heterocycles. The summed E-state index contributed by atoms with van der Waals surface area (Å²) in [5.74, 6) is 0.283. The van der Waals surface area contributed by atoms with Crippen LogP contribution in [-0.2, 0) is 25.5 Å². The van der Waals surface area contributed by atoms with Gasteiger partial charge in [-0.15, -0.1) is 0 Å². The third-order valence-electron chi connectivity index (χ3n) is 6.60. The first-order valence-electron chi connectivity index (χ1n) is 12.6.